The summed E-state index contributed by atoms with van der Waals surface area (Å²) in [5.41, 5.74) is 1.39. The molecule has 1 nitrogen and oxygen atoms in total. The second-order valence-electron chi connectivity index (χ2n) is 4.84. The van der Waals surface area contributed by atoms with E-state index in [1.54, 1.807) is 0 Å². The predicted molar refractivity (Wildman–Crippen MR) is 67.9 cm³/mol. The molecule has 16 heavy (non-hydrogen) atoms. The smallest absolute Gasteiger partial charge is 0.0406 e. The Morgan fingerprint density at radius 3 is 2.62 bits per heavy atom. The number of hydrogen-bond donors (Lipinski definition) is 0. The molecule has 0 aliphatic carbocycles. The van der Waals surface area contributed by atoms with Crippen molar-refractivity contribution >= 4 is 11.6 Å². The van der Waals surface area contributed by atoms with Gasteiger partial charge < -0.3 is 0 Å². The van der Waals surface area contributed by atoms with Crippen LogP contribution in [0, 0.1) is 0 Å². The Bertz CT molecular complexity index is 409. The first kappa shape index (κ1) is 10.4. The van der Waals surface area contributed by atoms with E-state index in [4.69, 9.17) is 11.6 Å². The molecule has 0 aromatic heterocycles. The third-order valence-electron chi connectivity index (χ3n) is 4.01. The summed E-state index contributed by atoms with van der Waals surface area (Å²) in [7, 11) is 2.24. The van der Waals surface area contributed by atoms with E-state index in [9.17, 15) is 0 Å². The van der Waals surface area contributed by atoms with Crippen molar-refractivity contribution in [3.8, 4) is 0 Å². The molecular formula is C14H16ClN. The van der Waals surface area contributed by atoms with Gasteiger partial charge in [0.1, 0.15) is 0 Å². The summed E-state index contributed by atoms with van der Waals surface area (Å²) in [6.07, 6.45) is 7.36. The van der Waals surface area contributed by atoms with Crippen molar-refractivity contribution in [2.75, 3.05) is 7.05 Å². The normalized spacial score (nSPS) is 33.2. The quantitative estimate of drug-likeness (QED) is 0.672. The molecule has 0 saturated carbocycles. The lowest BCUT2D eigenvalue weighted by Gasteiger charge is -2.33. The Labute approximate surface area is 102 Å². The highest BCUT2D eigenvalue weighted by Crippen LogP contribution is 2.38. The van der Waals surface area contributed by atoms with Crippen LogP contribution in [0.5, 0.6) is 0 Å². The highest BCUT2D eigenvalue weighted by Gasteiger charge is 2.37. The molecule has 0 radical (unpaired) electrons. The maximum absolute atomic E-state index is 5.93. The van der Waals surface area contributed by atoms with Gasteiger partial charge in [-0.2, -0.15) is 0 Å². The maximum Gasteiger partial charge on any atom is 0.0406 e. The Kier molecular flexibility index (Phi) is 2.53. The van der Waals surface area contributed by atoms with Crippen LogP contribution in [-0.4, -0.2) is 24.0 Å². The third-order valence-corrected chi connectivity index (χ3v) is 4.27. The van der Waals surface area contributed by atoms with Gasteiger partial charge in [-0.1, -0.05) is 35.9 Å². The first-order valence-corrected chi connectivity index (χ1v) is 6.29. The topological polar surface area (TPSA) is 3.24 Å². The average molecular weight is 234 g/mol. The maximum atomic E-state index is 5.93. The Morgan fingerprint density at radius 1 is 1.12 bits per heavy atom. The third kappa shape index (κ3) is 1.59. The molecule has 2 heteroatoms. The molecule has 3 rings (SSSR count). The van der Waals surface area contributed by atoms with Gasteiger partial charge in [-0.05, 0) is 37.6 Å². The molecular weight excluding hydrogens is 218 g/mol. The lowest BCUT2D eigenvalue weighted by Crippen LogP contribution is -2.37. The van der Waals surface area contributed by atoms with Crippen molar-refractivity contribution in [1.82, 2.24) is 4.90 Å². The van der Waals surface area contributed by atoms with Gasteiger partial charge in [0.15, 0.2) is 0 Å². The fourth-order valence-corrected chi connectivity index (χ4v) is 3.18. The molecule has 0 amide bonds. The lowest BCUT2D eigenvalue weighted by molar-refractivity contribution is 0.241. The van der Waals surface area contributed by atoms with Crippen molar-refractivity contribution < 1.29 is 0 Å². The van der Waals surface area contributed by atoms with Crippen molar-refractivity contribution in [2.24, 2.45) is 0 Å². The number of rotatable bonds is 1. The van der Waals surface area contributed by atoms with Crippen LogP contribution < -0.4 is 0 Å². The van der Waals surface area contributed by atoms with Crippen LogP contribution in [-0.2, 0) is 0 Å². The van der Waals surface area contributed by atoms with E-state index >= 15 is 0 Å². The number of benzene rings is 1. The summed E-state index contributed by atoms with van der Waals surface area (Å²) in [6, 6.07) is 9.65. The fourth-order valence-electron chi connectivity index (χ4n) is 3.05. The van der Waals surface area contributed by atoms with E-state index in [1.807, 2.05) is 12.1 Å². The highest BCUT2D eigenvalue weighted by atomic mass is 35.5. The molecule has 2 bridgehead atoms. The minimum absolute atomic E-state index is 0.543. The van der Waals surface area contributed by atoms with Crippen LogP contribution in [0.2, 0.25) is 5.02 Å². The number of halogens is 1. The molecule has 0 spiro atoms. The van der Waals surface area contributed by atoms with Gasteiger partial charge in [-0.15, -0.1) is 0 Å². The number of hydrogen-bond acceptors (Lipinski definition) is 1. The monoisotopic (exact) mass is 233 g/mol. The summed E-state index contributed by atoms with van der Waals surface area (Å²) in [5.74, 6) is 0.543. The van der Waals surface area contributed by atoms with Gasteiger partial charge in [0.25, 0.3) is 0 Å². The number of nitrogens with zero attached hydrogens (tertiary/aromatic N) is 1. The summed E-state index contributed by atoms with van der Waals surface area (Å²) in [5, 5.41) is 0.821. The van der Waals surface area contributed by atoms with Crippen LogP contribution in [0.4, 0.5) is 0 Å². The molecule has 0 N–H and O–H groups in total. The average Bonchev–Trinajstić information content (AvgIpc) is 2.52. The molecule has 84 valence electrons. The van der Waals surface area contributed by atoms with E-state index in [0.717, 1.165) is 5.02 Å². The van der Waals surface area contributed by atoms with Crippen LogP contribution in [0.3, 0.4) is 0 Å². The van der Waals surface area contributed by atoms with Gasteiger partial charge in [0, 0.05) is 23.0 Å². The van der Waals surface area contributed by atoms with Gasteiger partial charge in [-0.3, -0.25) is 4.90 Å². The first-order valence-electron chi connectivity index (χ1n) is 5.91. The minimum Gasteiger partial charge on any atom is -0.296 e. The van der Waals surface area contributed by atoms with Crippen LogP contribution >= 0.6 is 11.6 Å². The first-order chi connectivity index (χ1) is 7.75. The molecule has 1 aromatic rings. The van der Waals surface area contributed by atoms with E-state index in [-0.39, 0.29) is 0 Å². The molecule has 3 atom stereocenters. The SMILES string of the molecule is CN1C2C=CC(c3ccc(Cl)cc3)C1CC2. The predicted octanol–water partition coefficient (Wildman–Crippen LogP) is 3.46. The van der Waals surface area contributed by atoms with Crippen molar-refractivity contribution in [3.05, 3.63) is 47.0 Å². The van der Waals surface area contributed by atoms with Crippen molar-refractivity contribution in [1.29, 1.82) is 0 Å². The molecule has 2 aliphatic heterocycles. The van der Waals surface area contributed by atoms with E-state index in [0.29, 0.717) is 18.0 Å². The molecule has 2 heterocycles. The van der Waals surface area contributed by atoms with Crippen molar-refractivity contribution in [3.63, 3.8) is 0 Å². The van der Waals surface area contributed by atoms with Crippen LogP contribution in [0.25, 0.3) is 0 Å². The molecule has 3 unspecified atom stereocenters. The molecule has 1 saturated heterocycles. The van der Waals surface area contributed by atoms with Gasteiger partial charge in [0.05, 0.1) is 0 Å². The number of likely N-dealkylation sites (N-methyl/N-ethyl adjacent to an activating group) is 1. The molecule has 2 aliphatic rings. The van der Waals surface area contributed by atoms with Gasteiger partial charge in [-0.25, -0.2) is 0 Å². The highest BCUT2D eigenvalue weighted by molar-refractivity contribution is 6.30. The van der Waals surface area contributed by atoms with Crippen molar-refractivity contribution in [2.45, 2.75) is 30.8 Å². The van der Waals surface area contributed by atoms with Crippen LogP contribution in [0.15, 0.2) is 36.4 Å². The lowest BCUT2D eigenvalue weighted by atomic mass is 9.89. The number of fused-ring (bicyclic) bond motifs is 2. The molecule has 1 fully saturated rings. The summed E-state index contributed by atoms with van der Waals surface area (Å²) < 4.78 is 0. The Balaban J connectivity index is 1.93. The summed E-state index contributed by atoms with van der Waals surface area (Å²) >= 11 is 5.93. The fraction of sp³-hybridized carbons (Fsp3) is 0.429. The standard InChI is InChI=1S/C14H16ClN/c1-16-12-6-8-13(14(16)9-7-12)10-2-4-11(15)5-3-10/h2-6,8,12-14H,7,9H2,1H3. The largest absolute Gasteiger partial charge is 0.296 e. The Morgan fingerprint density at radius 2 is 1.88 bits per heavy atom. The second kappa shape index (κ2) is 3.90. The zero-order chi connectivity index (χ0) is 11.1. The Hall–Kier alpha value is -0.790. The van der Waals surface area contributed by atoms with E-state index < -0.39 is 0 Å². The van der Waals surface area contributed by atoms with Gasteiger partial charge in [0.2, 0.25) is 0 Å². The summed E-state index contributed by atoms with van der Waals surface area (Å²) in [6.45, 7) is 0. The molecule has 1 aromatic carbocycles. The second-order valence-corrected chi connectivity index (χ2v) is 5.28. The van der Waals surface area contributed by atoms with Gasteiger partial charge >= 0.3 is 0 Å². The zero-order valence-corrected chi connectivity index (χ0v) is 10.2. The minimum atomic E-state index is 0.543. The zero-order valence-electron chi connectivity index (χ0n) is 9.44. The van der Waals surface area contributed by atoms with E-state index in [1.165, 1.54) is 18.4 Å². The van der Waals surface area contributed by atoms with Crippen LogP contribution in [0.1, 0.15) is 24.3 Å². The summed E-state index contributed by atoms with van der Waals surface area (Å²) in [4.78, 5) is 2.51. The van der Waals surface area contributed by atoms with E-state index in [2.05, 4.69) is 36.2 Å².